The molecule has 1 aliphatic rings. The first-order valence-electron chi connectivity index (χ1n) is 5.50. The van der Waals surface area contributed by atoms with E-state index in [2.05, 4.69) is 21.0 Å². The van der Waals surface area contributed by atoms with Crippen molar-refractivity contribution in [3.63, 3.8) is 0 Å². The maximum absolute atomic E-state index is 5.28. The van der Waals surface area contributed by atoms with Crippen LogP contribution >= 0.6 is 15.9 Å². The monoisotopic (exact) mass is 298 g/mol. The lowest BCUT2D eigenvalue weighted by molar-refractivity contribution is 0.0397. The maximum Gasteiger partial charge on any atom is 0.127 e. The fourth-order valence-corrected chi connectivity index (χ4v) is 2.00. The van der Waals surface area contributed by atoms with Gasteiger partial charge in [-0.15, -0.1) is 0 Å². The smallest absolute Gasteiger partial charge is 0.127 e. The average molecular weight is 299 g/mol. The molecule has 17 heavy (non-hydrogen) atoms. The van der Waals surface area contributed by atoms with E-state index in [4.69, 9.17) is 9.47 Å². The third-order valence-electron chi connectivity index (χ3n) is 2.54. The lowest BCUT2D eigenvalue weighted by atomic mass is 10.2. The Kier molecular flexibility index (Phi) is 4.39. The number of nitrogens with zero attached hydrogens (tertiary/aromatic N) is 2. The highest BCUT2D eigenvalue weighted by molar-refractivity contribution is 9.10. The highest BCUT2D eigenvalue weighted by atomic mass is 79.9. The predicted molar refractivity (Wildman–Crippen MR) is 70.7 cm³/mol. The first-order chi connectivity index (χ1) is 8.29. The van der Waals surface area contributed by atoms with Gasteiger partial charge in [0.25, 0.3) is 0 Å². The standard InChI is InChI=1S/C12H15BrN2O2/c1-16-12-3-2-11(13)8-10(12)9-14-15-4-6-17-7-5-15/h2-3,8-9H,4-7H2,1H3/b14-9+. The van der Waals surface area contributed by atoms with E-state index in [-0.39, 0.29) is 0 Å². The van der Waals surface area contributed by atoms with Gasteiger partial charge >= 0.3 is 0 Å². The molecule has 0 atom stereocenters. The van der Waals surface area contributed by atoms with Crippen molar-refractivity contribution < 1.29 is 9.47 Å². The van der Waals surface area contributed by atoms with E-state index < -0.39 is 0 Å². The van der Waals surface area contributed by atoms with Crippen LogP contribution in [-0.4, -0.2) is 44.6 Å². The van der Waals surface area contributed by atoms with Gasteiger partial charge < -0.3 is 9.47 Å². The van der Waals surface area contributed by atoms with E-state index in [0.717, 1.165) is 42.1 Å². The minimum absolute atomic E-state index is 0.743. The van der Waals surface area contributed by atoms with Crippen LogP contribution in [0.4, 0.5) is 0 Å². The summed E-state index contributed by atoms with van der Waals surface area (Å²) in [7, 11) is 1.66. The molecule has 92 valence electrons. The Labute approximate surface area is 109 Å². The number of methoxy groups -OCH3 is 1. The summed E-state index contributed by atoms with van der Waals surface area (Å²) in [6.07, 6.45) is 1.83. The Balaban J connectivity index is 2.10. The highest BCUT2D eigenvalue weighted by Crippen LogP contribution is 2.21. The lowest BCUT2D eigenvalue weighted by Crippen LogP contribution is -2.32. The molecule has 0 saturated carbocycles. The molecule has 0 unspecified atom stereocenters. The van der Waals surface area contributed by atoms with Crippen molar-refractivity contribution in [3.8, 4) is 5.75 Å². The van der Waals surface area contributed by atoms with Gasteiger partial charge in [-0.1, -0.05) is 15.9 Å². The summed E-state index contributed by atoms with van der Waals surface area (Å²) in [5, 5.41) is 6.43. The van der Waals surface area contributed by atoms with Gasteiger partial charge in [-0.25, -0.2) is 0 Å². The number of morpholine rings is 1. The van der Waals surface area contributed by atoms with Gasteiger partial charge in [0.1, 0.15) is 5.75 Å². The van der Waals surface area contributed by atoms with Crippen molar-refractivity contribution in [2.75, 3.05) is 33.4 Å². The van der Waals surface area contributed by atoms with Crippen LogP contribution in [0.3, 0.4) is 0 Å². The molecule has 0 amide bonds. The minimum Gasteiger partial charge on any atom is -0.496 e. The van der Waals surface area contributed by atoms with Gasteiger partial charge in [0.2, 0.25) is 0 Å². The van der Waals surface area contributed by atoms with E-state index in [9.17, 15) is 0 Å². The number of rotatable bonds is 3. The Morgan fingerprint density at radius 1 is 1.41 bits per heavy atom. The number of halogens is 1. The largest absolute Gasteiger partial charge is 0.496 e. The van der Waals surface area contributed by atoms with Crippen molar-refractivity contribution in [3.05, 3.63) is 28.2 Å². The second-order valence-corrected chi connectivity index (χ2v) is 4.61. The number of hydrogen-bond donors (Lipinski definition) is 0. The first kappa shape index (κ1) is 12.4. The zero-order valence-corrected chi connectivity index (χ0v) is 11.3. The molecule has 0 aliphatic carbocycles. The molecular weight excluding hydrogens is 284 g/mol. The van der Waals surface area contributed by atoms with Gasteiger partial charge in [-0.2, -0.15) is 5.10 Å². The molecule has 1 aromatic rings. The summed E-state index contributed by atoms with van der Waals surface area (Å²) < 4.78 is 11.6. The van der Waals surface area contributed by atoms with Crippen molar-refractivity contribution in [1.29, 1.82) is 0 Å². The summed E-state index contributed by atoms with van der Waals surface area (Å²) in [6.45, 7) is 3.17. The minimum atomic E-state index is 0.743. The average Bonchev–Trinajstić information content (AvgIpc) is 2.38. The van der Waals surface area contributed by atoms with Crippen molar-refractivity contribution >= 4 is 22.1 Å². The molecule has 4 nitrogen and oxygen atoms in total. The Bertz CT molecular complexity index is 403. The van der Waals surface area contributed by atoms with Crippen LogP contribution in [0.2, 0.25) is 0 Å². The number of hydrogen-bond acceptors (Lipinski definition) is 4. The fourth-order valence-electron chi connectivity index (χ4n) is 1.62. The molecule has 0 spiro atoms. The van der Waals surface area contributed by atoms with Crippen molar-refractivity contribution in [2.45, 2.75) is 0 Å². The summed E-state index contributed by atoms with van der Waals surface area (Å²) in [4.78, 5) is 0. The second-order valence-electron chi connectivity index (χ2n) is 3.70. The third kappa shape index (κ3) is 3.44. The van der Waals surface area contributed by atoms with E-state index in [1.54, 1.807) is 7.11 Å². The molecule has 0 bridgehead atoms. The predicted octanol–water partition coefficient (Wildman–Crippen LogP) is 2.12. The highest BCUT2D eigenvalue weighted by Gasteiger charge is 2.07. The van der Waals surface area contributed by atoms with Gasteiger partial charge in [0, 0.05) is 10.0 Å². The van der Waals surface area contributed by atoms with Crippen molar-refractivity contribution in [2.24, 2.45) is 5.10 Å². The van der Waals surface area contributed by atoms with E-state index in [1.165, 1.54) is 0 Å². The van der Waals surface area contributed by atoms with E-state index in [1.807, 2.05) is 29.4 Å². The Hall–Kier alpha value is -1.07. The molecule has 1 aliphatic heterocycles. The number of hydrazone groups is 1. The van der Waals surface area contributed by atoms with Crippen LogP contribution in [-0.2, 0) is 4.74 Å². The van der Waals surface area contributed by atoms with Gasteiger partial charge in [-0.3, -0.25) is 5.01 Å². The van der Waals surface area contributed by atoms with E-state index >= 15 is 0 Å². The van der Waals surface area contributed by atoms with Crippen LogP contribution in [0, 0.1) is 0 Å². The summed E-state index contributed by atoms with van der Waals surface area (Å²) in [6, 6.07) is 5.86. The molecule has 1 heterocycles. The van der Waals surface area contributed by atoms with Crippen LogP contribution in [0.25, 0.3) is 0 Å². The molecule has 5 heteroatoms. The maximum atomic E-state index is 5.28. The van der Waals surface area contributed by atoms with Crippen LogP contribution < -0.4 is 4.74 Å². The van der Waals surface area contributed by atoms with Gasteiger partial charge in [0.15, 0.2) is 0 Å². The van der Waals surface area contributed by atoms with Crippen LogP contribution in [0.1, 0.15) is 5.56 Å². The molecule has 0 radical (unpaired) electrons. The second kappa shape index (κ2) is 6.02. The summed E-state index contributed by atoms with van der Waals surface area (Å²) in [5.41, 5.74) is 0.966. The van der Waals surface area contributed by atoms with Crippen molar-refractivity contribution in [1.82, 2.24) is 5.01 Å². The molecule has 1 saturated heterocycles. The molecular formula is C12H15BrN2O2. The molecule has 0 N–H and O–H groups in total. The van der Waals surface area contributed by atoms with Gasteiger partial charge in [-0.05, 0) is 18.2 Å². The molecule has 1 aromatic carbocycles. The number of ether oxygens (including phenoxy) is 2. The summed E-state index contributed by atoms with van der Waals surface area (Å²) >= 11 is 3.44. The molecule has 2 rings (SSSR count). The normalized spacial score (nSPS) is 16.5. The third-order valence-corrected chi connectivity index (χ3v) is 3.03. The first-order valence-corrected chi connectivity index (χ1v) is 6.29. The molecule has 1 fully saturated rings. The zero-order chi connectivity index (χ0) is 12.1. The Morgan fingerprint density at radius 3 is 2.88 bits per heavy atom. The van der Waals surface area contributed by atoms with Crippen LogP contribution in [0.5, 0.6) is 5.75 Å². The fraction of sp³-hybridized carbons (Fsp3) is 0.417. The zero-order valence-electron chi connectivity index (χ0n) is 9.73. The quantitative estimate of drug-likeness (QED) is 0.802. The van der Waals surface area contributed by atoms with Gasteiger partial charge in [0.05, 0.1) is 39.6 Å². The number of benzene rings is 1. The SMILES string of the molecule is COc1ccc(Br)cc1/C=N/N1CCOCC1. The van der Waals surface area contributed by atoms with Crippen LogP contribution in [0.15, 0.2) is 27.8 Å². The summed E-state index contributed by atoms with van der Waals surface area (Å²) in [5.74, 6) is 0.824. The lowest BCUT2D eigenvalue weighted by Gasteiger charge is -2.23. The molecule has 0 aromatic heterocycles. The topological polar surface area (TPSA) is 34.1 Å². The Morgan fingerprint density at radius 2 is 2.18 bits per heavy atom. The van der Waals surface area contributed by atoms with E-state index in [0.29, 0.717) is 0 Å².